The third-order valence-corrected chi connectivity index (χ3v) is 3.50. The molecule has 0 atom stereocenters. The molecule has 3 nitrogen and oxygen atoms in total. The third-order valence-electron chi connectivity index (χ3n) is 3.50. The Morgan fingerprint density at radius 1 is 1.31 bits per heavy atom. The molecular formula is C13H23N3. The monoisotopic (exact) mass is 221 g/mol. The number of nitrogens with zero attached hydrogens (tertiary/aromatic N) is 2. The molecule has 1 aromatic rings. The molecular weight excluding hydrogens is 198 g/mol. The third kappa shape index (κ3) is 2.77. The van der Waals surface area contributed by atoms with Crippen LogP contribution >= 0.6 is 0 Å². The Morgan fingerprint density at radius 2 is 2.00 bits per heavy atom. The average molecular weight is 221 g/mol. The van der Waals surface area contributed by atoms with E-state index in [1.54, 1.807) is 0 Å². The van der Waals surface area contributed by atoms with Crippen LogP contribution < -0.4 is 5.32 Å². The molecule has 0 aliphatic heterocycles. The summed E-state index contributed by atoms with van der Waals surface area (Å²) in [6.45, 7) is 2.15. The number of aryl methyl sites for hydroxylation is 2. The van der Waals surface area contributed by atoms with E-state index < -0.39 is 0 Å². The molecule has 3 heteroatoms. The minimum atomic E-state index is 0.655. The van der Waals surface area contributed by atoms with Gasteiger partial charge in [-0.1, -0.05) is 32.6 Å². The lowest BCUT2D eigenvalue weighted by molar-refractivity contribution is 0.609. The molecule has 0 bridgehead atoms. The van der Waals surface area contributed by atoms with Crippen molar-refractivity contribution in [3.63, 3.8) is 0 Å². The quantitative estimate of drug-likeness (QED) is 0.795. The van der Waals surface area contributed by atoms with Crippen LogP contribution in [-0.4, -0.2) is 15.8 Å². The van der Waals surface area contributed by atoms with E-state index in [1.807, 2.05) is 11.7 Å². The molecule has 1 aliphatic rings. The molecule has 0 radical (unpaired) electrons. The normalized spacial score (nSPS) is 18.4. The van der Waals surface area contributed by atoms with E-state index in [0.717, 1.165) is 6.42 Å². The van der Waals surface area contributed by atoms with Crippen molar-refractivity contribution in [3.05, 3.63) is 11.8 Å². The average Bonchev–Trinajstić information content (AvgIpc) is 2.51. The molecule has 1 aliphatic carbocycles. The SMILES string of the molecule is CCc1cc(NC2CCCCCC2)n(C)n1. The highest BCUT2D eigenvalue weighted by atomic mass is 15.3. The van der Waals surface area contributed by atoms with Crippen LogP contribution in [-0.2, 0) is 13.5 Å². The Labute approximate surface area is 98.2 Å². The Bertz CT molecular complexity index is 322. The summed E-state index contributed by atoms with van der Waals surface area (Å²) in [5.74, 6) is 1.18. The molecule has 2 rings (SSSR count). The van der Waals surface area contributed by atoms with Crippen LogP contribution in [0, 0.1) is 0 Å². The van der Waals surface area contributed by atoms with Crippen LogP contribution in [0.2, 0.25) is 0 Å². The fourth-order valence-corrected chi connectivity index (χ4v) is 2.47. The van der Waals surface area contributed by atoms with Crippen molar-refractivity contribution in [2.45, 2.75) is 57.9 Å². The Kier molecular flexibility index (Phi) is 3.86. The van der Waals surface area contributed by atoms with Crippen LogP contribution in [0.1, 0.15) is 51.1 Å². The van der Waals surface area contributed by atoms with Gasteiger partial charge in [0, 0.05) is 19.2 Å². The summed E-state index contributed by atoms with van der Waals surface area (Å²) in [5.41, 5.74) is 1.18. The molecule has 90 valence electrons. The number of hydrogen-bond donors (Lipinski definition) is 1. The highest BCUT2D eigenvalue weighted by Gasteiger charge is 2.13. The van der Waals surface area contributed by atoms with Crippen molar-refractivity contribution in [2.24, 2.45) is 7.05 Å². The van der Waals surface area contributed by atoms with Crippen LogP contribution in [0.4, 0.5) is 5.82 Å². The molecule has 0 spiro atoms. The molecule has 1 N–H and O–H groups in total. The molecule has 1 heterocycles. The van der Waals surface area contributed by atoms with Gasteiger partial charge >= 0.3 is 0 Å². The maximum Gasteiger partial charge on any atom is 0.124 e. The number of anilines is 1. The summed E-state index contributed by atoms with van der Waals surface area (Å²) >= 11 is 0. The van der Waals surface area contributed by atoms with Crippen molar-refractivity contribution in [1.82, 2.24) is 9.78 Å². The van der Waals surface area contributed by atoms with Gasteiger partial charge in [-0.2, -0.15) is 5.10 Å². The summed E-state index contributed by atoms with van der Waals surface area (Å²) in [5, 5.41) is 8.12. The Hall–Kier alpha value is -0.990. The Balaban J connectivity index is 1.98. The largest absolute Gasteiger partial charge is 0.368 e. The van der Waals surface area contributed by atoms with Gasteiger partial charge in [-0.25, -0.2) is 0 Å². The van der Waals surface area contributed by atoms with Gasteiger partial charge in [0.05, 0.1) is 5.69 Å². The smallest absolute Gasteiger partial charge is 0.124 e. The van der Waals surface area contributed by atoms with Crippen molar-refractivity contribution < 1.29 is 0 Å². The fraction of sp³-hybridized carbons (Fsp3) is 0.769. The molecule has 1 saturated carbocycles. The maximum atomic E-state index is 4.47. The first-order valence-electron chi connectivity index (χ1n) is 6.59. The highest BCUT2D eigenvalue weighted by Crippen LogP contribution is 2.21. The van der Waals surface area contributed by atoms with Crippen LogP contribution in [0.5, 0.6) is 0 Å². The van der Waals surface area contributed by atoms with Crippen molar-refractivity contribution in [2.75, 3.05) is 5.32 Å². The molecule has 0 aromatic carbocycles. The van der Waals surface area contributed by atoms with Gasteiger partial charge in [0.1, 0.15) is 5.82 Å². The van der Waals surface area contributed by atoms with E-state index in [2.05, 4.69) is 23.4 Å². The van der Waals surface area contributed by atoms with Crippen LogP contribution in [0.15, 0.2) is 6.07 Å². The predicted octanol–water partition coefficient (Wildman–Crippen LogP) is 3.12. The Morgan fingerprint density at radius 3 is 2.56 bits per heavy atom. The maximum absolute atomic E-state index is 4.47. The minimum absolute atomic E-state index is 0.655. The zero-order chi connectivity index (χ0) is 11.4. The van der Waals surface area contributed by atoms with Crippen LogP contribution in [0.3, 0.4) is 0 Å². The predicted molar refractivity (Wildman–Crippen MR) is 67.7 cm³/mol. The topological polar surface area (TPSA) is 29.9 Å². The van der Waals surface area contributed by atoms with E-state index in [-0.39, 0.29) is 0 Å². The lowest BCUT2D eigenvalue weighted by Gasteiger charge is -2.17. The van der Waals surface area contributed by atoms with Gasteiger partial charge in [0.25, 0.3) is 0 Å². The summed E-state index contributed by atoms with van der Waals surface area (Å²) in [6.07, 6.45) is 9.19. The first kappa shape index (κ1) is 11.5. The van der Waals surface area contributed by atoms with Gasteiger partial charge in [-0.05, 0) is 19.3 Å². The molecule has 1 aromatic heterocycles. The first-order chi connectivity index (χ1) is 7.79. The first-order valence-corrected chi connectivity index (χ1v) is 6.59. The minimum Gasteiger partial charge on any atom is -0.368 e. The fourth-order valence-electron chi connectivity index (χ4n) is 2.47. The summed E-state index contributed by atoms with van der Waals surface area (Å²) < 4.78 is 1.98. The molecule has 0 unspecified atom stereocenters. The lowest BCUT2D eigenvalue weighted by atomic mass is 10.1. The zero-order valence-electron chi connectivity index (χ0n) is 10.5. The van der Waals surface area contributed by atoms with Gasteiger partial charge < -0.3 is 5.32 Å². The zero-order valence-corrected chi connectivity index (χ0v) is 10.5. The number of rotatable bonds is 3. The second kappa shape index (κ2) is 5.37. The molecule has 1 fully saturated rings. The van der Waals surface area contributed by atoms with Gasteiger partial charge in [0.2, 0.25) is 0 Å². The highest BCUT2D eigenvalue weighted by molar-refractivity contribution is 5.38. The van der Waals surface area contributed by atoms with E-state index >= 15 is 0 Å². The number of nitrogens with one attached hydrogen (secondary N) is 1. The summed E-state index contributed by atoms with van der Waals surface area (Å²) in [7, 11) is 2.03. The van der Waals surface area contributed by atoms with E-state index in [0.29, 0.717) is 6.04 Å². The van der Waals surface area contributed by atoms with Crippen LogP contribution in [0.25, 0.3) is 0 Å². The second-order valence-electron chi connectivity index (χ2n) is 4.83. The summed E-state index contributed by atoms with van der Waals surface area (Å²) in [6, 6.07) is 2.84. The van der Waals surface area contributed by atoms with Gasteiger partial charge in [0.15, 0.2) is 0 Å². The molecule has 0 amide bonds. The van der Waals surface area contributed by atoms with Crippen molar-refractivity contribution in [1.29, 1.82) is 0 Å². The van der Waals surface area contributed by atoms with Gasteiger partial charge in [-0.15, -0.1) is 0 Å². The number of aromatic nitrogens is 2. The van der Waals surface area contributed by atoms with Crippen molar-refractivity contribution >= 4 is 5.82 Å². The van der Waals surface area contributed by atoms with Crippen molar-refractivity contribution in [3.8, 4) is 0 Å². The van der Waals surface area contributed by atoms with E-state index in [1.165, 1.54) is 50.0 Å². The molecule has 0 saturated heterocycles. The standard InChI is InChI=1S/C13H23N3/c1-3-11-10-13(16(2)15-11)14-12-8-6-4-5-7-9-12/h10,12,14H,3-9H2,1-2H3. The van der Waals surface area contributed by atoms with E-state index in [4.69, 9.17) is 0 Å². The lowest BCUT2D eigenvalue weighted by Crippen LogP contribution is -2.20. The second-order valence-corrected chi connectivity index (χ2v) is 4.83. The summed E-state index contributed by atoms with van der Waals surface area (Å²) in [4.78, 5) is 0. The number of hydrogen-bond acceptors (Lipinski definition) is 2. The van der Waals surface area contributed by atoms with E-state index in [9.17, 15) is 0 Å². The molecule has 16 heavy (non-hydrogen) atoms. The van der Waals surface area contributed by atoms with Gasteiger partial charge in [-0.3, -0.25) is 4.68 Å².